The Bertz CT molecular complexity index is 325. The van der Waals surface area contributed by atoms with Gasteiger partial charge in [0.05, 0.1) is 11.8 Å². The van der Waals surface area contributed by atoms with Gasteiger partial charge in [0, 0.05) is 6.04 Å². The maximum atomic E-state index is 12.0. The molecule has 1 saturated carbocycles. The topological polar surface area (TPSA) is 66.4 Å². The fourth-order valence-corrected chi connectivity index (χ4v) is 2.69. The van der Waals surface area contributed by atoms with E-state index in [1.54, 1.807) is 0 Å². The van der Waals surface area contributed by atoms with Crippen molar-refractivity contribution in [2.24, 2.45) is 17.3 Å². The van der Waals surface area contributed by atoms with E-state index in [0.29, 0.717) is 0 Å². The number of carboxylic acid groups (broad SMARTS) is 1. The maximum absolute atomic E-state index is 12.0. The van der Waals surface area contributed by atoms with Crippen LogP contribution in [0.15, 0.2) is 0 Å². The molecule has 1 unspecified atom stereocenters. The molecule has 0 heterocycles. The lowest BCUT2D eigenvalue weighted by Crippen LogP contribution is -2.35. The van der Waals surface area contributed by atoms with Gasteiger partial charge in [-0.1, -0.05) is 40.0 Å². The highest BCUT2D eigenvalue weighted by Gasteiger charge is 2.65. The van der Waals surface area contributed by atoms with Gasteiger partial charge in [0.2, 0.25) is 5.91 Å². The van der Waals surface area contributed by atoms with Gasteiger partial charge in [0.15, 0.2) is 0 Å². The zero-order valence-electron chi connectivity index (χ0n) is 11.8. The molecule has 1 fully saturated rings. The molecule has 0 aromatic rings. The highest BCUT2D eigenvalue weighted by Crippen LogP contribution is 2.58. The number of carbonyl (C=O) groups excluding carboxylic acids is 1. The number of amides is 1. The minimum Gasteiger partial charge on any atom is -0.481 e. The van der Waals surface area contributed by atoms with E-state index in [1.807, 2.05) is 20.8 Å². The molecule has 0 saturated heterocycles. The van der Waals surface area contributed by atoms with Crippen molar-refractivity contribution in [1.82, 2.24) is 5.32 Å². The van der Waals surface area contributed by atoms with Crippen molar-refractivity contribution in [3.63, 3.8) is 0 Å². The molecule has 4 nitrogen and oxygen atoms in total. The largest absolute Gasteiger partial charge is 0.481 e. The summed E-state index contributed by atoms with van der Waals surface area (Å²) < 4.78 is 0. The highest BCUT2D eigenvalue weighted by atomic mass is 16.4. The molecule has 1 rings (SSSR count). The number of unbranched alkanes of at least 4 members (excludes halogenated alkanes) is 2. The molecule has 0 spiro atoms. The van der Waals surface area contributed by atoms with Gasteiger partial charge in [-0.15, -0.1) is 0 Å². The Morgan fingerprint density at radius 1 is 1.28 bits per heavy atom. The van der Waals surface area contributed by atoms with Crippen LogP contribution in [0.3, 0.4) is 0 Å². The van der Waals surface area contributed by atoms with Crippen LogP contribution >= 0.6 is 0 Å². The third kappa shape index (κ3) is 3.24. The molecule has 2 N–H and O–H groups in total. The lowest BCUT2D eigenvalue weighted by atomic mass is 10.1. The summed E-state index contributed by atoms with van der Waals surface area (Å²) in [5, 5.41) is 12.0. The number of hydrogen-bond acceptors (Lipinski definition) is 2. The first-order valence-corrected chi connectivity index (χ1v) is 6.85. The number of rotatable bonds is 7. The van der Waals surface area contributed by atoms with E-state index < -0.39 is 17.3 Å². The number of carboxylic acids is 1. The summed E-state index contributed by atoms with van der Waals surface area (Å²) in [6.45, 7) is 7.82. The van der Waals surface area contributed by atoms with Crippen molar-refractivity contribution >= 4 is 11.9 Å². The Hall–Kier alpha value is -1.06. The van der Waals surface area contributed by atoms with Crippen LogP contribution in [-0.4, -0.2) is 23.0 Å². The van der Waals surface area contributed by atoms with Crippen molar-refractivity contribution < 1.29 is 14.7 Å². The predicted octanol–water partition coefficient (Wildman–Crippen LogP) is 2.43. The molecule has 0 radical (unpaired) electrons. The monoisotopic (exact) mass is 255 g/mol. The molecule has 1 aliphatic carbocycles. The summed E-state index contributed by atoms with van der Waals surface area (Å²) in [6.07, 6.45) is 4.41. The van der Waals surface area contributed by atoms with E-state index >= 15 is 0 Å². The lowest BCUT2D eigenvalue weighted by Gasteiger charge is -2.14. The van der Waals surface area contributed by atoms with Crippen LogP contribution in [0.5, 0.6) is 0 Å². The van der Waals surface area contributed by atoms with Gasteiger partial charge in [0.25, 0.3) is 0 Å². The van der Waals surface area contributed by atoms with Crippen molar-refractivity contribution in [3.8, 4) is 0 Å². The van der Waals surface area contributed by atoms with Gasteiger partial charge in [-0.05, 0) is 18.8 Å². The minimum atomic E-state index is -0.862. The third-order valence-corrected chi connectivity index (χ3v) is 4.01. The van der Waals surface area contributed by atoms with Crippen LogP contribution in [-0.2, 0) is 9.59 Å². The Morgan fingerprint density at radius 3 is 2.33 bits per heavy atom. The van der Waals surface area contributed by atoms with Gasteiger partial charge < -0.3 is 10.4 Å². The molecule has 0 aromatic heterocycles. The fraction of sp³-hybridized carbons (Fsp3) is 0.857. The Labute approximate surface area is 109 Å². The normalized spacial score (nSPS) is 26.4. The zero-order chi connectivity index (χ0) is 13.9. The Kier molecular flexibility index (Phi) is 4.77. The van der Waals surface area contributed by atoms with E-state index in [1.165, 1.54) is 6.42 Å². The van der Waals surface area contributed by atoms with Crippen LogP contribution in [0.4, 0.5) is 0 Å². The van der Waals surface area contributed by atoms with Gasteiger partial charge in [0.1, 0.15) is 0 Å². The molecular weight excluding hydrogens is 230 g/mol. The van der Waals surface area contributed by atoms with Crippen LogP contribution in [0.1, 0.15) is 53.4 Å². The predicted molar refractivity (Wildman–Crippen MR) is 70.1 cm³/mol. The Balaban J connectivity index is 2.40. The molecule has 104 valence electrons. The standard InChI is InChI=1S/C14H25NO3/c1-5-6-7-8-9(2)15-12(16)10-11(13(17)18)14(10,3)4/h9-11H,5-8H2,1-4H3,(H,15,16)(H,17,18)/t9?,10-,11+/m1/s1. The summed E-state index contributed by atoms with van der Waals surface area (Å²) in [5.41, 5.74) is -0.404. The first-order valence-electron chi connectivity index (χ1n) is 6.85. The summed E-state index contributed by atoms with van der Waals surface area (Å²) in [4.78, 5) is 23.0. The first-order chi connectivity index (χ1) is 8.32. The summed E-state index contributed by atoms with van der Waals surface area (Å²) in [5.74, 6) is -1.86. The van der Waals surface area contributed by atoms with Gasteiger partial charge in [-0.25, -0.2) is 0 Å². The van der Waals surface area contributed by atoms with Crippen LogP contribution in [0.25, 0.3) is 0 Å². The molecular formula is C14H25NO3. The van der Waals surface area contributed by atoms with Crippen LogP contribution < -0.4 is 5.32 Å². The minimum absolute atomic E-state index is 0.101. The van der Waals surface area contributed by atoms with E-state index in [2.05, 4.69) is 12.2 Å². The van der Waals surface area contributed by atoms with Gasteiger partial charge in [-0.2, -0.15) is 0 Å². The summed E-state index contributed by atoms with van der Waals surface area (Å²) in [7, 11) is 0. The van der Waals surface area contributed by atoms with Gasteiger partial charge >= 0.3 is 5.97 Å². The van der Waals surface area contributed by atoms with Crippen molar-refractivity contribution in [1.29, 1.82) is 0 Å². The smallest absolute Gasteiger partial charge is 0.307 e. The summed E-state index contributed by atoms with van der Waals surface area (Å²) >= 11 is 0. The second kappa shape index (κ2) is 5.72. The number of aliphatic carboxylic acids is 1. The van der Waals surface area contributed by atoms with Crippen molar-refractivity contribution in [2.75, 3.05) is 0 Å². The van der Waals surface area contributed by atoms with Gasteiger partial charge in [-0.3, -0.25) is 9.59 Å². The van der Waals surface area contributed by atoms with Crippen molar-refractivity contribution in [2.45, 2.75) is 59.4 Å². The molecule has 3 atom stereocenters. The highest BCUT2D eigenvalue weighted by molar-refractivity contribution is 5.91. The molecule has 18 heavy (non-hydrogen) atoms. The fourth-order valence-electron chi connectivity index (χ4n) is 2.69. The zero-order valence-corrected chi connectivity index (χ0v) is 11.8. The van der Waals surface area contributed by atoms with E-state index in [9.17, 15) is 9.59 Å². The van der Waals surface area contributed by atoms with Crippen LogP contribution in [0.2, 0.25) is 0 Å². The maximum Gasteiger partial charge on any atom is 0.307 e. The van der Waals surface area contributed by atoms with Crippen LogP contribution in [0, 0.1) is 17.3 Å². The van der Waals surface area contributed by atoms with E-state index in [4.69, 9.17) is 5.11 Å². The van der Waals surface area contributed by atoms with E-state index in [0.717, 1.165) is 19.3 Å². The second-order valence-electron chi connectivity index (χ2n) is 6.02. The number of nitrogens with one attached hydrogen (secondary N) is 1. The third-order valence-electron chi connectivity index (χ3n) is 4.01. The number of carbonyl (C=O) groups is 2. The molecule has 0 bridgehead atoms. The lowest BCUT2D eigenvalue weighted by molar-refractivity contribution is -0.140. The van der Waals surface area contributed by atoms with E-state index in [-0.39, 0.29) is 17.9 Å². The molecule has 1 aliphatic rings. The number of hydrogen-bond donors (Lipinski definition) is 2. The molecule has 1 amide bonds. The molecule has 0 aliphatic heterocycles. The quantitative estimate of drug-likeness (QED) is 0.687. The van der Waals surface area contributed by atoms with Crippen molar-refractivity contribution in [3.05, 3.63) is 0 Å². The second-order valence-corrected chi connectivity index (χ2v) is 6.02. The molecule has 4 heteroatoms. The molecule has 0 aromatic carbocycles. The first kappa shape index (κ1) is 15.0. The SMILES string of the molecule is CCCCCC(C)NC(=O)[C@H]1[C@@H](C(=O)O)C1(C)C. The summed E-state index contributed by atoms with van der Waals surface area (Å²) in [6, 6.07) is 0.134. The Morgan fingerprint density at radius 2 is 1.89 bits per heavy atom. The average Bonchev–Trinajstić information content (AvgIpc) is 2.82. The average molecular weight is 255 g/mol.